The lowest BCUT2D eigenvalue weighted by Gasteiger charge is -2.15. The summed E-state index contributed by atoms with van der Waals surface area (Å²) in [4.78, 5) is 0. The molecule has 0 aliphatic heterocycles. The minimum absolute atomic E-state index is 0. The van der Waals surface area contributed by atoms with Crippen LogP contribution in [-0.4, -0.2) is 0 Å². The molecule has 0 aromatic heterocycles. The second-order valence-electron chi connectivity index (χ2n) is 3.69. The smallest absolute Gasteiger partial charge is 0.0415 e. The summed E-state index contributed by atoms with van der Waals surface area (Å²) < 4.78 is 0. The van der Waals surface area contributed by atoms with Crippen molar-refractivity contribution in [2.24, 2.45) is 11.8 Å². The lowest BCUT2D eigenvalue weighted by molar-refractivity contribution is 0.373. The quantitative estimate of drug-likeness (QED) is 0.533. The number of rotatable bonds is 5. The molecule has 0 saturated heterocycles. The third-order valence-electron chi connectivity index (χ3n) is 2.08. The first-order chi connectivity index (χ1) is 5.70. The standard InChI is InChI=1S/C10H22.C2H6.CH4/c1-5-7-10(6-2)8-9(3)4;1-2;/h9-10H,5-8H2,1-4H3;1-2H3;1H4. The maximum atomic E-state index is 2.32. The zero-order valence-electron chi connectivity index (χ0n) is 9.98. The van der Waals surface area contributed by atoms with E-state index < -0.39 is 0 Å². The summed E-state index contributed by atoms with van der Waals surface area (Å²) in [6.07, 6.45) is 5.57. The molecule has 0 radical (unpaired) electrons. The van der Waals surface area contributed by atoms with Gasteiger partial charge in [-0.15, -0.1) is 0 Å². The minimum atomic E-state index is 0. The van der Waals surface area contributed by atoms with Crippen molar-refractivity contribution in [3.8, 4) is 0 Å². The molecule has 1 unspecified atom stereocenters. The normalized spacial score (nSPS) is 11.3. The zero-order chi connectivity index (χ0) is 9.98. The van der Waals surface area contributed by atoms with Gasteiger partial charge in [0.15, 0.2) is 0 Å². The fraction of sp³-hybridized carbons (Fsp3) is 1.00. The Morgan fingerprint density at radius 3 is 1.69 bits per heavy atom. The first-order valence-electron chi connectivity index (χ1n) is 5.70. The third-order valence-corrected chi connectivity index (χ3v) is 2.08. The van der Waals surface area contributed by atoms with E-state index in [2.05, 4.69) is 27.7 Å². The van der Waals surface area contributed by atoms with E-state index in [1.165, 1.54) is 25.7 Å². The van der Waals surface area contributed by atoms with Gasteiger partial charge < -0.3 is 0 Å². The van der Waals surface area contributed by atoms with Crippen LogP contribution in [0.3, 0.4) is 0 Å². The Bertz CT molecular complexity index is 64.4. The molecule has 0 amide bonds. The second kappa shape index (κ2) is 14.5. The van der Waals surface area contributed by atoms with E-state index >= 15 is 0 Å². The predicted octanol–water partition coefficient (Wildman–Crippen LogP) is 5.52. The SMILES string of the molecule is C.CC.CCCC(CC)CC(C)C. The van der Waals surface area contributed by atoms with Gasteiger partial charge in [-0.1, -0.05) is 68.2 Å². The van der Waals surface area contributed by atoms with E-state index in [0.29, 0.717) is 0 Å². The lowest BCUT2D eigenvalue weighted by atomic mass is 9.91. The van der Waals surface area contributed by atoms with Crippen molar-refractivity contribution >= 4 is 0 Å². The van der Waals surface area contributed by atoms with E-state index in [1.807, 2.05) is 13.8 Å². The van der Waals surface area contributed by atoms with E-state index in [-0.39, 0.29) is 7.43 Å². The summed E-state index contributed by atoms with van der Waals surface area (Å²) in [6, 6.07) is 0. The third kappa shape index (κ3) is 14.8. The van der Waals surface area contributed by atoms with Crippen LogP contribution in [0.5, 0.6) is 0 Å². The Labute approximate surface area is 87.1 Å². The maximum Gasteiger partial charge on any atom is -0.0415 e. The predicted molar refractivity (Wildman–Crippen MR) is 66.2 cm³/mol. The Hall–Kier alpha value is 0. The highest BCUT2D eigenvalue weighted by Crippen LogP contribution is 2.19. The van der Waals surface area contributed by atoms with Gasteiger partial charge in [-0.2, -0.15) is 0 Å². The van der Waals surface area contributed by atoms with Crippen molar-refractivity contribution in [3.63, 3.8) is 0 Å². The summed E-state index contributed by atoms with van der Waals surface area (Å²) in [6.45, 7) is 13.2. The molecule has 0 N–H and O–H groups in total. The molecule has 0 bridgehead atoms. The Morgan fingerprint density at radius 1 is 1.00 bits per heavy atom. The molecule has 0 heterocycles. The van der Waals surface area contributed by atoms with E-state index in [0.717, 1.165) is 11.8 Å². The van der Waals surface area contributed by atoms with Crippen LogP contribution in [0.25, 0.3) is 0 Å². The molecule has 1 atom stereocenters. The topological polar surface area (TPSA) is 0 Å². The summed E-state index contributed by atoms with van der Waals surface area (Å²) >= 11 is 0. The fourth-order valence-corrected chi connectivity index (χ4v) is 1.56. The Morgan fingerprint density at radius 2 is 1.46 bits per heavy atom. The van der Waals surface area contributed by atoms with Crippen molar-refractivity contribution in [1.82, 2.24) is 0 Å². The summed E-state index contributed by atoms with van der Waals surface area (Å²) in [7, 11) is 0. The van der Waals surface area contributed by atoms with Crippen LogP contribution in [0.4, 0.5) is 0 Å². The molecule has 0 rings (SSSR count). The van der Waals surface area contributed by atoms with Gasteiger partial charge in [0.05, 0.1) is 0 Å². The summed E-state index contributed by atoms with van der Waals surface area (Å²) in [5.41, 5.74) is 0. The molecule has 0 aromatic rings. The minimum Gasteiger partial charge on any atom is -0.0776 e. The van der Waals surface area contributed by atoms with Crippen molar-refractivity contribution in [2.45, 2.75) is 74.7 Å². The van der Waals surface area contributed by atoms with Gasteiger partial charge in [0, 0.05) is 0 Å². The molecule has 0 fully saturated rings. The van der Waals surface area contributed by atoms with E-state index in [4.69, 9.17) is 0 Å². The maximum absolute atomic E-state index is 2.32. The van der Waals surface area contributed by atoms with Gasteiger partial charge in [-0.25, -0.2) is 0 Å². The van der Waals surface area contributed by atoms with Crippen LogP contribution in [0.1, 0.15) is 74.7 Å². The zero-order valence-corrected chi connectivity index (χ0v) is 9.98. The fourth-order valence-electron chi connectivity index (χ4n) is 1.56. The van der Waals surface area contributed by atoms with E-state index in [9.17, 15) is 0 Å². The Kier molecular flexibility index (Phi) is 20.9. The molecule has 0 aromatic carbocycles. The van der Waals surface area contributed by atoms with Crippen LogP contribution < -0.4 is 0 Å². The molecule has 0 aliphatic rings. The highest BCUT2D eigenvalue weighted by atomic mass is 14.1. The average molecular weight is 188 g/mol. The first-order valence-corrected chi connectivity index (χ1v) is 5.70. The molecular formula is C13H32. The van der Waals surface area contributed by atoms with Crippen LogP contribution >= 0.6 is 0 Å². The molecule has 0 heteroatoms. The van der Waals surface area contributed by atoms with Gasteiger partial charge in [0.1, 0.15) is 0 Å². The molecule has 0 aliphatic carbocycles. The van der Waals surface area contributed by atoms with Crippen LogP contribution in [0.15, 0.2) is 0 Å². The number of hydrogen-bond acceptors (Lipinski definition) is 0. The summed E-state index contributed by atoms with van der Waals surface area (Å²) in [5, 5.41) is 0. The molecule has 0 spiro atoms. The van der Waals surface area contributed by atoms with Crippen LogP contribution in [-0.2, 0) is 0 Å². The van der Waals surface area contributed by atoms with Crippen molar-refractivity contribution in [3.05, 3.63) is 0 Å². The van der Waals surface area contributed by atoms with Crippen LogP contribution in [0, 0.1) is 11.8 Å². The summed E-state index contributed by atoms with van der Waals surface area (Å²) in [5.74, 6) is 1.88. The van der Waals surface area contributed by atoms with Gasteiger partial charge in [0.25, 0.3) is 0 Å². The van der Waals surface area contributed by atoms with Gasteiger partial charge in [-0.05, 0) is 18.3 Å². The van der Waals surface area contributed by atoms with Crippen molar-refractivity contribution in [2.75, 3.05) is 0 Å². The van der Waals surface area contributed by atoms with Gasteiger partial charge >= 0.3 is 0 Å². The van der Waals surface area contributed by atoms with E-state index in [1.54, 1.807) is 0 Å². The molecule has 13 heavy (non-hydrogen) atoms. The largest absolute Gasteiger partial charge is 0.0776 e. The second-order valence-corrected chi connectivity index (χ2v) is 3.69. The van der Waals surface area contributed by atoms with Crippen molar-refractivity contribution < 1.29 is 0 Å². The van der Waals surface area contributed by atoms with Gasteiger partial charge in [0.2, 0.25) is 0 Å². The Balaban J connectivity index is -0.000000309. The molecule has 84 valence electrons. The highest BCUT2D eigenvalue weighted by Gasteiger charge is 2.06. The average Bonchev–Trinajstić information content (AvgIpc) is 2.07. The monoisotopic (exact) mass is 188 g/mol. The highest BCUT2D eigenvalue weighted by molar-refractivity contribution is 4.58. The molecular weight excluding hydrogens is 156 g/mol. The first kappa shape index (κ1) is 18.7. The van der Waals surface area contributed by atoms with Crippen LogP contribution in [0.2, 0.25) is 0 Å². The molecule has 0 saturated carbocycles. The van der Waals surface area contributed by atoms with Gasteiger partial charge in [-0.3, -0.25) is 0 Å². The molecule has 0 nitrogen and oxygen atoms in total. The number of hydrogen-bond donors (Lipinski definition) is 0. The lowest BCUT2D eigenvalue weighted by Crippen LogP contribution is -2.02. The van der Waals surface area contributed by atoms with Crippen molar-refractivity contribution in [1.29, 1.82) is 0 Å².